The van der Waals surface area contributed by atoms with Crippen molar-refractivity contribution in [3.63, 3.8) is 0 Å². The van der Waals surface area contributed by atoms with Crippen LogP contribution in [0.4, 0.5) is 4.39 Å². The van der Waals surface area contributed by atoms with Crippen LogP contribution in [0, 0.1) is 5.82 Å². The number of nitrogens with zero attached hydrogens (tertiary/aromatic N) is 1. The van der Waals surface area contributed by atoms with E-state index in [1.807, 2.05) is 6.92 Å². The molecule has 0 saturated heterocycles. The maximum absolute atomic E-state index is 13.7. The van der Waals surface area contributed by atoms with Crippen molar-refractivity contribution < 1.29 is 13.7 Å². The van der Waals surface area contributed by atoms with E-state index in [-0.39, 0.29) is 5.75 Å². The highest BCUT2D eigenvalue weighted by Gasteiger charge is 2.13. The van der Waals surface area contributed by atoms with Crippen LogP contribution >= 0.6 is 0 Å². The highest BCUT2D eigenvalue weighted by atomic mass is 19.1. The third-order valence-corrected chi connectivity index (χ3v) is 2.55. The summed E-state index contributed by atoms with van der Waals surface area (Å²) in [5.74, 6) is 0.382. The number of nitrogens with two attached hydrogens (primary N) is 1. The second-order valence-electron chi connectivity index (χ2n) is 3.80. The largest absolute Gasteiger partial charge is 0.491 e. The van der Waals surface area contributed by atoms with Gasteiger partial charge in [0.2, 0.25) is 0 Å². The zero-order chi connectivity index (χ0) is 13.0. The predicted molar refractivity (Wildman–Crippen MR) is 65.8 cm³/mol. The van der Waals surface area contributed by atoms with Gasteiger partial charge in [-0.1, -0.05) is 5.16 Å². The molecule has 2 N–H and O–H groups in total. The van der Waals surface area contributed by atoms with Gasteiger partial charge in [-0.15, -0.1) is 0 Å². The third kappa shape index (κ3) is 2.51. The van der Waals surface area contributed by atoms with Crippen LogP contribution in [0.5, 0.6) is 5.75 Å². The molecule has 0 saturated carbocycles. The van der Waals surface area contributed by atoms with Gasteiger partial charge in [-0.2, -0.15) is 0 Å². The highest BCUT2D eigenvalue weighted by molar-refractivity contribution is 5.62. The highest BCUT2D eigenvalue weighted by Crippen LogP contribution is 2.28. The van der Waals surface area contributed by atoms with E-state index in [4.69, 9.17) is 15.0 Å². The van der Waals surface area contributed by atoms with Crippen LogP contribution in [0.15, 0.2) is 28.9 Å². The van der Waals surface area contributed by atoms with Crippen molar-refractivity contribution in [3.05, 3.63) is 35.8 Å². The lowest BCUT2D eigenvalue weighted by atomic mass is 10.1. The van der Waals surface area contributed by atoms with Gasteiger partial charge in [0.1, 0.15) is 0 Å². The van der Waals surface area contributed by atoms with Crippen molar-refractivity contribution in [1.29, 1.82) is 0 Å². The van der Waals surface area contributed by atoms with Crippen LogP contribution in [0.1, 0.15) is 12.5 Å². The number of benzene rings is 1. The molecule has 0 aliphatic carbocycles. The lowest BCUT2D eigenvalue weighted by molar-refractivity contribution is 0.321. The Morgan fingerprint density at radius 2 is 2.28 bits per heavy atom. The Hall–Kier alpha value is -1.88. The average molecular weight is 250 g/mol. The van der Waals surface area contributed by atoms with E-state index in [2.05, 4.69) is 5.16 Å². The average Bonchev–Trinajstić information content (AvgIpc) is 2.81. The molecule has 0 aliphatic rings. The van der Waals surface area contributed by atoms with E-state index < -0.39 is 5.82 Å². The number of aromatic nitrogens is 1. The molecule has 0 fully saturated rings. The topological polar surface area (TPSA) is 61.3 Å². The molecule has 4 nitrogen and oxygen atoms in total. The van der Waals surface area contributed by atoms with E-state index in [1.54, 1.807) is 18.3 Å². The maximum atomic E-state index is 13.7. The first-order chi connectivity index (χ1) is 8.76. The first-order valence-electron chi connectivity index (χ1n) is 5.82. The molecule has 0 atom stereocenters. The molecular formula is C13H15FN2O2. The lowest BCUT2D eigenvalue weighted by Gasteiger charge is -2.06. The van der Waals surface area contributed by atoms with Gasteiger partial charge in [0.15, 0.2) is 17.3 Å². The van der Waals surface area contributed by atoms with E-state index in [0.717, 1.165) is 5.56 Å². The molecular weight excluding hydrogens is 235 g/mol. The van der Waals surface area contributed by atoms with Gasteiger partial charge < -0.3 is 15.0 Å². The quantitative estimate of drug-likeness (QED) is 0.885. The fraction of sp³-hybridized carbons (Fsp3) is 0.308. The smallest absolute Gasteiger partial charge is 0.170 e. The molecule has 2 aromatic rings. The van der Waals surface area contributed by atoms with Crippen LogP contribution in [0.2, 0.25) is 0 Å². The number of ether oxygens (including phenoxy) is 1. The molecule has 0 bridgehead atoms. The molecule has 0 unspecified atom stereocenters. The summed E-state index contributed by atoms with van der Waals surface area (Å²) in [5, 5.41) is 3.72. The van der Waals surface area contributed by atoms with Crippen molar-refractivity contribution in [1.82, 2.24) is 5.16 Å². The summed E-state index contributed by atoms with van der Waals surface area (Å²) in [5.41, 5.74) is 7.01. The summed E-state index contributed by atoms with van der Waals surface area (Å²) >= 11 is 0. The summed E-state index contributed by atoms with van der Waals surface area (Å²) in [6.07, 6.45) is 2.25. The van der Waals surface area contributed by atoms with Crippen molar-refractivity contribution in [2.24, 2.45) is 5.73 Å². The normalized spacial score (nSPS) is 10.6. The van der Waals surface area contributed by atoms with Crippen molar-refractivity contribution >= 4 is 0 Å². The summed E-state index contributed by atoms with van der Waals surface area (Å²) < 4.78 is 24.0. The minimum Gasteiger partial charge on any atom is -0.491 e. The maximum Gasteiger partial charge on any atom is 0.170 e. The predicted octanol–water partition coefficient (Wildman–Crippen LogP) is 2.38. The summed E-state index contributed by atoms with van der Waals surface area (Å²) in [6.45, 7) is 2.73. The number of halogens is 1. The summed E-state index contributed by atoms with van der Waals surface area (Å²) in [7, 11) is 0. The lowest BCUT2D eigenvalue weighted by Crippen LogP contribution is -2.02. The van der Waals surface area contributed by atoms with Crippen LogP contribution in [0.3, 0.4) is 0 Å². The van der Waals surface area contributed by atoms with Crippen molar-refractivity contribution in [2.75, 3.05) is 13.2 Å². The Kier molecular flexibility index (Phi) is 3.94. The molecule has 1 aromatic carbocycles. The molecule has 96 valence electrons. The minimum absolute atomic E-state index is 0.237. The number of hydrogen-bond acceptors (Lipinski definition) is 4. The zero-order valence-corrected chi connectivity index (χ0v) is 10.1. The number of hydrogen-bond donors (Lipinski definition) is 1. The van der Waals surface area contributed by atoms with Crippen molar-refractivity contribution in [3.8, 4) is 17.1 Å². The molecule has 0 aliphatic heterocycles. The molecule has 1 heterocycles. The van der Waals surface area contributed by atoms with Gasteiger partial charge in [0.25, 0.3) is 0 Å². The Labute approximate surface area is 105 Å². The van der Waals surface area contributed by atoms with Crippen LogP contribution in [-0.2, 0) is 6.42 Å². The van der Waals surface area contributed by atoms with E-state index >= 15 is 0 Å². The van der Waals surface area contributed by atoms with E-state index in [1.165, 1.54) is 6.07 Å². The van der Waals surface area contributed by atoms with Crippen molar-refractivity contribution in [2.45, 2.75) is 13.3 Å². The van der Waals surface area contributed by atoms with Crippen LogP contribution in [0.25, 0.3) is 11.3 Å². The molecule has 0 radical (unpaired) electrons. The minimum atomic E-state index is -0.413. The SMILES string of the molecule is CCOc1ccc(-c2oncc2CCN)cc1F. The van der Waals surface area contributed by atoms with Gasteiger partial charge in [-0.25, -0.2) is 4.39 Å². The molecule has 2 rings (SSSR count). The first-order valence-corrected chi connectivity index (χ1v) is 5.82. The third-order valence-electron chi connectivity index (χ3n) is 2.55. The monoisotopic (exact) mass is 250 g/mol. The van der Waals surface area contributed by atoms with Gasteiger partial charge in [-0.05, 0) is 38.1 Å². The Morgan fingerprint density at radius 3 is 2.94 bits per heavy atom. The van der Waals surface area contributed by atoms with E-state index in [0.29, 0.717) is 30.9 Å². The summed E-state index contributed by atoms with van der Waals surface area (Å²) in [4.78, 5) is 0. The standard InChI is InChI=1S/C13H15FN2O2/c1-2-17-12-4-3-9(7-11(12)14)13-10(5-6-15)8-16-18-13/h3-4,7-8H,2,5-6,15H2,1H3. The molecule has 0 amide bonds. The Bertz CT molecular complexity index is 525. The van der Waals surface area contributed by atoms with Gasteiger partial charge in [-0.3, -0.25) is 0 Å². The second-order valence-corrected chi connectivity index (χ2v) is 3.80. The van der Waals surface area contributed by atoms with Crippen LogP contribution in [-0.4, -0.2) is 18.3 Å². The Balaban J connectivity index is 2.33. The summed E-state index contributed by atoms with van der Waals surface area (Å²) in [6, 6.07) is 4.71. The van der Waals surface area contributed by atoms with E-state index in [9.17, 15) is 4.39 Å². The van der Waals surface area contributed by atoms with Gasteiger partial charge >= 0.3 is 0 Å². The fourth-order valence-corrected chi connectivity index (χ4v) is 1.75. The second kappa shape index (κ2) is 5.64. The molecule has 5 heteroatoms. The number of rotatable bonds is 5. The van der Waals surface area contributed by atoms with Gasteiger partial charge in [0, 0.05) is 11.1 Å². The molecule has 18 heavy (non-hydrogen) atoms. The Morgan fingerprint density at radius 1 is 1.44 bits per heavy atom. The van der Waals surface area contributed by atoms with Crippen LogP contribution < -0.4 is 10.5 Å². The molecule has 1 aromatic heterocycles. The fourth-order valence-electron chi connectivity index (χ4n) is 1.75. The zero-order valence-electron chi connectivity index (χ0n) is 10.1. The van der Waals surface area contributed by atoms with Gasteiger partial charge in [0.05, 0.1) is 12.8 Å². The molecule has 0 spiro atoms. The first kappa shape index (κ1) is 12.6.